The van der Waals surface area contributed by atoms with Gasteiger partial charge in [0.05, 0.1) is 0 Å². The van der Waals surface area contributed by atoms with Gasteiger partial charge in [-0.3, -0.25) is 9.13 Å². The molecule has 1 heterocycles. The van der Waals surface area contributed by atoms with Gasteiger partial charge in [0.1, 0.15) is 6.10 Å². The van der Waals surface area contributed by atoms with E-state index in [1.165, 1.54) is 36.6 Å². The Morgan fingerprint density at radius 2 is 1.88 bits per heavy atom. The molecule has 0 aliphatic rings. The summed E-state index contributed by atoms with van der Waals surface area (Å²) in [4.78, 5) is 36.7. The summed E-state index contributed by atoms with van der Waals surface area (Å²) in [6, 6.07) is 2.78. The first-order valence-corrected chi connectivity index (χ1v) is 10.1. The second kappa shape index (κ2) is 8.88. The molecule has 0 spiro atoms. The maximum Gasteiger partial charge on any atom is 0.369 e. The van der Waals surface area contributed by atoms with E-state index in [9.17, 15) is 19.3 Å². The third-order valence-corrected chi connectivity index (χ3v) is 7.00. The van der Waals surface area contributed by atoms with Crippen LogP contribution in [-0.4, -0.2) is 63.0 Å². The maximum atomic E-state index is 11.4. The van der Waals surface area contributed by atoms with Crippen LogP contribution in [0.1, 0.15) is 5.56 Å². The van der Waals surface area contributed by atoms with Crippen LogP contribution in [0.25, 0.3) is 0 Å². The Bertz CT molecular complexity index is 647. The van der Waals surface area contributed by atoms with Crippen molar-refractivity contribution in [2.45, 2.75) is 24.2 Å². The summed E-state index contributed by atoms with van der Waals surface area (Å²) in [6.07, 6.45) is 1.02. The lowest BCUT2D eigenvalue weighted by Gasteiger charge is -2.28. The number of pyridine rings is 1. The smallest absolute Gasteiger partial charge is 0.369 e. The minimum absolute atomic E-state index is 0.0620. The predicted molar refractivity (Wildman–Crippen MR) is 88.0 cm³/mol. The summed E-state index contributed by atoms with van der Waals surface area (Å²) >= 11 is 0. The Morgan fingerprint density at radius 3 is 2.40 bits per heavy atom. The highest BCUT2D eigenvalue weighted by molar-refractivity contribution is 7.72. The molecule has 0 saturated carbocycles. The van der Waals surface area contributed by atoms with E-state index in [4.69, 9.17) is 27.6 Å². The highest BCUT2D eigenvalue weighted by Crippen LogP contribution is 2.68. The SMILES string of the molecule is [B]N[B]NCC(O)C[n+]1cccc(CC(O)(P(=O)(O)O)P(=O)(O)O)c1. The van der Waals surface area contributed by atoms with E-state index in [0.717, 1.165) is 0 Å². The molecule has 0 fully saturated rings. The first kappa shape index (κ1) is 22.5. The zero-order chi connectivity index (χ0) is 19.3. The summed E-state index contributed by atoms with van der Waals surface area (Å²) in [5, 5.41) is 21.1. The number of nitrogens with zero attached hydrogens (tertiary/aromatic N) is 1. The third kappa shape index (κ3) is 6.26. The molecule has 1 atom stereocenters. The number of hydrogen-bond donors (Lipinski definition) is 8. The molecule has 0 aliphatic carbocycles. The van der Waals surface area contributed by atoms with E-state index in [0.29, 0.717) is 0 Å². The topological polar surface area (TPSA) is 183 Å². The molecular formula is C10H19B2N3O8P2+. The van der Waals surface area contributed by atoms with Crippen LogP contribution in [0.2, 0.25) is 0 Å². The fraction of sp³-hybridized carbons (Fsp3) is 0.500. The number of rotatable bonds is 10. The number of hydrogen-bond acceptors (Lipinski definition) is 6. The Balaban J connectivity index is 2.93. The van der Waals surface area contributed by atoms with Crippen LogP contribution in [0.4, 0.5) is 0 Å². The molecule has 8 N–H and O–H groups in total. The molecule has 0 amide bonds. The molecule has 137 valence electrons. The molecule has 0 aromatic carbocycles. The lowest BCUT2D eigenvalue weighted by atomic mass is 10.1. The van der Waals surface area contributed by atoms with Gasteiger partial charge in [-0.05, 0) is 6.07 Å². The molecule has 11 nitrogen and oxygen atoms in total. The van der Waals surface area contributed by atoms with Gasteiger partial charge in [0.15, 0.2) is 26.9 Å². The van der Waals surface area contributed by atoms with Crippen molar-refractivity contribution < 1.29 is 43.5 Å². The van der Waals surface area contributed by atoms with E-state index >= 15 is 0 Å². The largest absolute Gasteiger partial charge is 0.398 e. The molecule has 1 unspecified atom stereocenters. The predicted octanol–water partition coefficient (Wildman–Crippen LogP) is -3.32. The molecule has 0 aliphatic heterocycles. The zero-order valence-electron chi connectivity index (χ0n) is 13.0. The van der Waals surface area contributed by atoms with Crippen molar-refractivity contribution in [2.24, 2.45) is 0 Å². The molecular weight excluding hydrogens is 374 g/mol. The second-order valence-corrected chi connectivity index (χ2v) is 9.33. The summed E-state index contributed by atoms with van der Waals surface area (Å²) in [6.45, 7) is 0.222. The monoisotopic (exact) mass is 393 g/mol. The van der Waals surface area contributed by atoms with E-state index < -0.39 is 32.8 Å². The Hall–Kier alpha value is -0.580. The molecule has 3 radical (unpaired) electrons. The van der Waals surface area contributed by atoms with Crippen molar-refractivity contribution in [1.29, 1.82) is 0 Å². The minimum Gasteiger partial charge on any atom is -0.398 e. The third-order valence-electron chi connectivity index (χ3n) is 3.25. The number of nitrogens with one attached hydrogen (secondary N) is 2. The summed E-state index contributed by atoms with van der Waals surface area (Å²) in [5.41, 5.74) is 0.0620. The van der Waals surface area contributed by atoms with Crippen LogP contribution < -0.4 is 14.9 Å². The molecule has 15 heteroatoms. The molecule has 1 aromatic heterocycles. The summed E-state index contributed by atoms with van der Waals surface area (Å²) < 4.78 is 24.2. The number of aliphatic hydroxyl groups excluding tert-OH is 1. The van der Waals surface area contributed by atoms with Crippen LogP contribution in [0.15, 0.2) is 24.5 Å². The standard InChI is InChI=1S/C10H18B2N3O8P2/c11-14-12-13-5-9(16)7-15-3-1-2-8(6-15)4-10(17,24(18,19)20)25(21,22)23/h1-3,6,9,13-14,16-17H,4-5,7H2,(H3-,18,19,20,21,22,23)/p+1. The van der Waals surface area contributed by atoms with Gasteiger partial charge in [-0.1, -0.05) is 0 Å². The average molecular weight is 393 g/mol. The highest BCUT2D eigenvalue weighted by atomic mass is 31.2. The first-order valence-electron chi connectivity index (χ1n) is 6.91. The van der Waals surface area contributed by atoms with Crippen LogP contribution in [-0.2, 0) is 22.1 Å². The van der Waals surface area contributed by atoms with Gasteiger partial charge < -0.3 is 40.2 Å². The van der Waals surface area contributed by atoms with Crippen LogP contribution in [0, 0.1) is 0 Å². The van der Waals surface area contributed by atoms with E-state index in [1.807, 2.05) is 0 Å². The highest BCUT2D eigenvalue weighted by Gasteiger charge is 2.59. The molecule has 1 rings (SSSR count). The summed E-state index contributed by atoms with van der Waals surface area (Å²) in [5.74, 6) is 0. The fourth-order valence-corrected chi connectivity index (χ4v) is 4.14. The van der Waals surface area contributed by atoms with Crippen molar-refractivity contribution in [1.82, 2.24) is 10.4 Å². The number of aliphatic hydroxyl groups is 2. The molecule has 0 bridgehead atoms. The van der Waals surface area contributed by atoms with Crippen LogP contribution in [0.3, 0.4) is 0 Å². The molecule has 0 saturated heterocycles. The van der Waals surface area contributed by atoms with Crippen molar-refractivity contribution in [2.75, 3.05) is 6.54 Å². The minimum atomic E-state index is -5.53. The van der Waals surface area contributed by atoms with Gasteiger partial charge >= 0.3 is 15.2 Å². The van der Waals surface area contributed by atoms with Gasteiger partial charge in [0.2, 0.25) is 0 Å². The summed E-state index contributed by atoms with van der Waals surface area (Å²) in [7, 11) is -4.75. The Kier molecular flexibility index (Phi) is 7.97. The zero-order valence-corrected chi connectivity index (χ0v) is 14.8. The van der Waals surface area contributed by atoms with Gasteiger partial charge in [-0.2, -0.15) is 0 Å². The van der Waals surface area contributed by atoms with Crippen molar-refractivity contribution in [3.05, 3.63) is 30.1 Å². The molecule has 25 heavy (non-hydrogen) atoms. The van der Waals surface area contributed by atoms with Crippen LogP contribution in [0.5, 0.6) is 0 Å². The van der Waals surface area contributed by atoms with E-state index in [-0.39, 0.29) is 18.7 Å². The van der Waals surface area contributed by atoms with Gasteiger partial charge in [-0.25, -0.2) is 4.57 Å². The van der Waals surface area contributed by atoms with Crippen LogP contribution >= 0.6 is 15.2 Å². The molecule has 1 aromatic rings. The van der Waals surface area contributed by atoms with Crippen molar-refractivity contribution in [3.63, 3.8) is 0 Å². The second-order valence-electron chi connectivity index (χ2n) is 5.32. The number of aromatic nitrogens is 1. The van der Waals surface area contributed by atoms with Crippen molar-refractivity contribution >= 4 is 30.7 Å². The Morgan fingerprint density at radius 1 is 1.28 bits per heavy atom. The maximum absolute atomic E-state index is 11.4. The van der Waals surface area contributed by atoms with E-state index in [1.54, 1.807) is 0 Å². The van der Waals surface area contributed by atoms with Gasteiger partial charge in [0, 0.05) is 24.6 Å². The van der Waals surface area contributed by atoms with Gasteiger partial charge in [-0.15, -0.1) is 0 Å². The quantitative estimate of drug-likeness (QED) is 0.0867. The van der Waals surface area contributed by atoms with Crippen molar-refractivity contribution in [3.8, 4) is 0 Å². The van der Waals surface area contributed by atoms with E-state index in [2.05, 4.69) is 10.4 Å². The fourth-order valence-electron chi connectivity index (χ4n) is 2.01. The average Bonchev–Trinajstić information content (AvgIpc) is 2.45. The van der Waals surface area contributed by atoms with Gasteiger partial charge in [0.25, 0.3) is 12.6 Å². The Labute approximate surface area is 146 Å². The lowest BCUT2D eigenvalue weighted by molar-refractivity contribution is -0.703. The first-order chi connectivity index (χ1) is 11.4. The lowest BCUT2D eigenvalue weighted by Crippen LogP contribution is -2.45. The normalized spacial score (nSPS) is 14.3.